The Balaban J connectivity index is 2.00. The largest absolute Gasteiger partial charge is 0.299 e. The van der Waals surface area contributed by atoms with E-state index in [4.69, 9.17) is 0 Å². The van der Waals surface area contributed by atoms with Crippen molar-refractivity contribution in [3.05, 3.63) is 29.8 Å². The molecule has 0 aromatic heterocycles. The van der Waals surface area contributed by atoms with Gasteiger partial charge in [-0.3, -0.25) is 4.90 Å². The molecule has 1 aliphatic heterocycles. The Kier molecular flexibility index (Phi) is 6.50. The maximum atomic E-state index is 13.2. The predicted octanol–water partition coefficient (Wildman–Crippen LogP) is 2.90. The SMILES string of the molecule is CCCCN1CCCC[C@H]1CNS(=O)(=O)c1ccc(F)c(F)c1. The van der Waals surface area contributed by atoms with E-state index in [2.05, 4.69) is 16.5 Å². The van der Waals surface area contributed by atoms with Gasteiger partial charge in [-0.05, 0) is 50.6 Å². The van der Waals surface area contributed by atoms with Crippen LogP contribution in [-0.2, 0) is 10.0 Å². The van der Waals surface area contributed by atoms with Crippen molar-refractivity contribution >= 4 is 10.0 Å². The molecule has 0 spiro atoms. The maximum absolute atomic E-state index is 13.2. The van der Waals surface area contributed by atoms with Gasteiger partial charge < -0.3 is 0 Å². The molecule has 2 rings (SSSR count). The molecule has 1 fully saturated rings. The molecule has 0 aliphatic carbocycles. The molecule has 4 nitrogen and oxygen atoms in total. The highest BCUT2D eigenvalue weighted by Gasteiger charge is 2.24. The number of halogens is 2. The van der Waals surface area contributed by atoms with Crippen LogP contribution in [0.2, 0.25) is 0 Å². The van der Waals surface area contributed by atoms with Gasteiger partial charge in [-0.2, -0.15) is 0 Å². The first kappa shape index (κ1) is 18.3. The smallest absolute Gasteiger partial charge is 0.240 e. The Hall–Kier alpha value is -1.05. The third-order valence-electron chi connectivity index (χ3n) is 4.26. The normalized spacial score (nSPS) is 19.9. The number of piperidine rings is 1. The third-order valence-corrected chi connectivity index (χ3v) is 5.68. The minimum absolute atomic E-state index is 0.162. The molecular weight excluding hydrogens is 322 g/mol. The molecule has 1 saturated heterocycles. The molecule has 1 N–H and O–H groups in total. The average molecular weight is 346 g/mol. The molecule has 1 aromatic rings. The number of hydrogen-bond donors (Lipinski definition) is 1. The van der Waals surface area contributed by atoms with Crippen molar-refractivity contribution in [2.24, 2.45) is 0 Å². The van der Waals surface area contributed by atoms with Gasteiger partial charge in [0.15, 0.2) is 11.6 Å². The first-order chi connectivity index (χ1) is 10.9. The summed E-state index contributed by atoms with van der Waals surface area (Å²) in [5, 5.41) is 0. The quantitative estimate of drug-likeness (QED) is 0.826. The van der Waals surface area contributed by atoms with Gasteiger partial charge in [0.1, 0.15) is 0 Å². The van der Waals surface area contributed by atoms with E-state index in [0.717, 1.165) is 57.3 Å². The second-order valence-electron chi connectivity index (χ2n) is 5.97. The van der Waals surface area contributed by atoms with Crippen molar-refractivity contribution < 1.29 is 17.2 Å². The highest BCUT2D eigenvalue weighted by Crippen LogP contribution is 2.18. The topological polar surface area (TPSA) is 49.4 Å². The summed E-state index contributed by atoms with van der Waals surface area (Å²) in [6.45, 7) is 4.38. The van der Waals surface area contributed by atoms with E-state index in [1.807, 2.05) is 0 Å². The van der Waals surface area contributed by atoms with E-state index in [1.54, 1.807) is 0 Å². The van der Waals surface area contributed by atoms with Gasteiger partial charge in [0, 0.05) is 12.6 Å². The number of hydrogen-bond acceptors (Lipinski definition) is 3. The zero-order valence-electron chi connectivity index (χ0n) is 13.4. The second kappa shape index (κ2) is 8.17. The molecule has 1 heterocycles. The van der Waals surface area contributed by atoms with Crippen molar-refractivity contribution in [1.29, 1.82) is 0 Å². The molecule has 23 heavy (non-hydrogen) atoms. The van der Waals surface area contributed by atoms with Crippen LogP contribution < -0.4 is 4.72 Å². The lowest BCUT2D eigenvalue weighted by atomic mass is 10.0. The van der Waals surface area contributed by atoms with Gasteiger partial charge in [0.05, 0.1) is 4.90 Å². The summed E-state index contributed by atoms with van der Waals surface area (Å²) in [6, 6.07) is 2.79. The van der Waals surface area contributed by atoms with Crippen LogP contribution in [0.3, 0.4) is 0 Å². The Labute approximate surface area is 136 Å². The fourth-order valence-electron chi connectivity index (χ4n) is 2.88. The lowest BCUT2D eigenvalue weighted by molar-refractivity contribution is 0.148. The third kappa shape index (κ3) is 4.96. The first-order valence-corrected chi connectivity index (χ1v) is 9.61. The Morgan fingerprint density at radius 2 is 2.04 bits per heavy atom. The van der Waals surface area contributed by atoms with E-state index in [1.165, 1.54) is 0 Å². The molecule has 0 bridgehead atoms. The van der Waals surface area contributed by atoms with Gasteiger partial charge in [0.2, 0.25) is 10.0 Å². The van der Waals surface area contributed by atoms with E-state index in [9.17, 15) is 17.2 Å². The summed E-state index contributed by atoms with van der Waals surface area (Å²) in [5.41, 5.74) is 0. The number of benzene rings is 1. The standard InChI is InChI=1S/C16H24F2N2O2S/c1-2-3-9-20-10-5-4-6-13(20)12-19-23(21,22)14-7-8-15(17)16(18)11-14/h7-8,11,13,19H,2-6,9-10,12H2,1H3/t13-/m0/s1. The summed E-state index contributed by atoms with van der Waals surface area (Å²) in [6.07, 6.45) is 5.36. The summed E-state index contributed by atoms with van der Waals surface area (Å²) in [5.74, 6) is -2.21. The van der Waals surface area contributed by atoms with Crippen LogP contribution in [0.5, 0.6) is 0 Å². The van der Waals surface area contributed by atoms with Crippen LogP contribution in [-0.4, -0.2) is 39.0 Å². The maximum Gasteiger partial charge on any atom is 0.240 e. The zero-order valence-corrected chi connectivity index (χ0v) is 14.2. The Morgan fingerprint density at radius 3 is 2.74 bits per heavy atom. The lowest BCUT2D eigenvalue weighted by Crippen LogP contribution is -2.46. The number of sulfonamides is 1. The summed E-state index contributed by atoms with van der Waals surface area (Å²) >= 11 is 0. The van der Waals surface area contributed by atoms with Gasteiger partial charge >= 0.3 is 0 Å². The van der Waals surface area contributed by atoms with E-state index >= 15 is 0 Å². The van der Waals surface area contributed by atoms with Gasteiger partial charge in [-0.15, -0.1) is 0 Å². The molecule has 1 aromatic carbocycles. The number of likely N-dealkylation sites (tertiary alicyclic amines) is 1. The number of nitrogens with one attached hydrogen (secondary N) is 1. The van der Waals surface area contributed by atoms with Crippen molar-refractivity contribution in [3.63, 3.8) is 0 Å². The summed E-state index contributed by atoms with van der Waals surface area (Å²) in [4.78, 5) is 2.08. The van der Waals surface area contributed by atoms with Gasteiger partial charge in [0.25, 0.3) is 0 Å². The Morgan fingerprint density at radius 1 is 1.26 bits per heavy atom. The summed E-state index contributed by atoms with van der Waals surface area (Å²) < 4.78 is 53.2. The van der Waals surface area contributed by atoms with Crippen LogP contribution in [0.25, 0.3) is 0 Å². The minimum Gasteiger partial charge on any atom is -0.299 e. The van der Waals surface area contributed by atoms with Crippen LogP contribution in [0, 0.1) is 11.6 Å². The lowest BCUT2D eigenvalue weighted by Gasteiger charge is -2.35. The van der Waals surface area contributed by atoms with Crippen molar-refractivity contribution in [1.82, 2.24) is 9.62 Å². The number of rotatable bonds is 7. The van der Waals surface area contributed by atoms with Crippen LogP contribution in [0.1, 0.15) is 39.0 Å². The molecular formula is C16H24F2N2O2S. The van der Waals surface area contributed by atoms with Crippen molar-refractivity contribution in [2.45, 2.75) is 50.0 Å². The fourth-order valence-corrected chi connectivity index (χ4v) is 3.96. The molecule has 130 valence electrons. The zero-order chi connectivity index (χ0) is 16.9. The minimum atomic E-state index is -3.83. The molecule has 1 atom stereocenters. The Bertz CT molecular complexity index is 623. The summed E-state index contributed by atoms with van der Waals surface area (Å²) in [7, 11) is -3.83. The van der Waals surface area contributed by atoms with Crippen molar-refractivity contribution in [2.75, 3.05) is 19.6 Å². The van der Waals surface area contributed by atoms with E-state index < -0.39 is 21.7 Å². The predicted molar refractivity (Wildman–Crippen MR) is 85.7 cm³/mol. The van der Waals surface area contributed by atoms with Crippen LogP contribution in [0.4, 0.5) is 8.78 Å². The van der Waals surface area contributed by atoms with Crippen LogP contribution in [0.15, 0.2) is 23.1 Å². The number of unbranched alkanes of at least 4 members (excludes halogenated alkanes) is 1. The highest BCUT2D eigenvalue weighted by atomic mass is 32.2. The fraction of sp³-hybridized carbons (Fsp3) is 0.625. The molecule has 1 aliphatic rings. The molecule has 0 amide bonds. The molecule has 7 heteroatoms. The van der Waals surface area contributed by atoms with Crippen molar-refractivity contribution in [3.8, 4) is 0 Å². The van der Waals surface area contributed by atoms with Gasteiger partial charge in [-0.1, -0.05) is 19.8 Å². The second-order valence-corrected chi connectivity index (χ2v) is 7.73. The first-order valence-electron chi connectivity index (χ1n) is 8.13. The molecule has 0 radical (unpaired) electrons. The van der Waals surface area contributed by atoms with E-state index in [-0.39, 0.29) is 10.9 Å². The van der Waals surface area contributed by atoms with Crippen LogP contribution >= 0.6 is 0 Å². The highest BCUT2D eigenvalue weighted by molar-refractivity contribution is 7.89. The molecule has 0 saturated carbocycles. The van der Waals surface area contributed by atoms with E-state index in [0.29, 0.717) is 12.6 Å². The van der Waals surface area contributed by atoms with Gasteiger partial charge in [-0.25, -0.2) is 21.9 Å². The monoisotopic (exact) mass is 346 g/mol. The number of nitrogens with zero attached hydrogens (tertiary/aromatic N) is 1. The molecule has 0 unspecified atom stereocenters. The average Bonchev–Trinajstić information content (AvgIpc) is 2.54.